The Balaban J connectivity index is 1.50. The van der Waals surface area contributed by atoms with Gasteiger partial charge in [0.1, 0.15) is 0 Å². The van der Waals surface area contributed by atoms with Crippen molar-refractivity contribution in [3.63, 3.8) is 0 Å². The molecule has 5 heteroatoms. The lowest BCUT2D eigenvalue weighted by atomic mass is 10.0. The van der Waals surface area contributed by atoms with Crippen molar-refractivity contribution in [1.29, 1.82) is 0 Å². The van der Waals surface area contributed by atoms with Gasteiger partial charge in [-0.05, 0) is 62.4 Å². The zero-order valence-corrected chi connectivity index (χ0v) is 16.7. The average Bonchev–Trinajstić information content (AvgIpc) is 2.69. The molecule has 144 valence electrons. The van der Waals surface area contributed by atoms with E-state index < -0.39 is 0 Å². The van der Waals surface area contributed by atoms with Crippen LogP contribution in [0.5, 0.6) is 0 Å². The van der Waals surface area contributed by atoms with Gasteiger partial charge < -0.3 is 15.5 Å². The van der Waals surface area contributed by atoms with E-state index in [1.165, 1.54) is 35.2 Å². The first-order valence-electron chi connectivity index (χ1n) is 9.84. The fourth-order valence-electron chi connectivity index (χ4n) is 3.57. The van der Waals surface area contributed by atoms with E-state index in [4.69, 9.17) is 0 Å². The van der Waals surface area contributed by atoms with Gasteiger partial charge in [0, 0.05) is 50.8 Å². The van der Waals surface area contributed by atoms with Gasteiger partial charge in [-0.2, -0.15) is 0 Å². The van der Waals surface area contributed by atoms with Crippen LogP contribution in [0.25, 0.3) is 0 Å². The molecule has 1 aliphatic heterocycles. The third-order valence-corrected chi connectivity index (χ3v) is 5.21. The highest BCUT2D eigenvalue weighted by Gasteiger charge is 2.20. The number of rotatable bonds is 5. The first-order valence-corrected chi connectivity index (χ1v) is 9.84. The number of aromatic nitrogens is 1. The van der Waals surface area contributed by atoms with Crippen molar-refractivity contribution in [2.45, 2.75) is 39.2 Å². The standard InChI is InChI=1S/C22H31N5/c1-17-6-8-21(9-7-17)27-14-4-5-20(16-27)26-22(23-3)25-13-11-19-10-12-24-15-18(19)2/h6-10,12,15,20H,4-5,11,13-14,16H2,1-3H3,(H2,23,25,26). The number of hydrogen-bond donors (Lipinski definition) is 2. The second-order valence-corrected chi connectivity index (χ2v) is 7.32. The molecule has 1 aliphatic rings. The first-order chi connectivity index (χ1) is 13.2. The van der Waals surface area contributed by atoms with Gasteiger partial charge >= 0.3 is 0 Å². The third kappa shape index (κ3) is 5.46. The van der Waals surface area contributed by atoms with Crippen LogP contribution >= 0.6 is 0 Å². The number of nitrogens with one attached hydrogen (secondary N) is 2. The molecule has 1 atom stereocenters. The maximum atomic E-state index is 4.41. The molecule has 5 nitrogen and oxygen atoms in total. The Morgan fingerprint density at radius 1 is 1.22 bits per heavy atom. The summed E-state index contributed by atoms with van der Waals surface area (Å²) in [4.78, 5) is 11.0. The molecule has 0 amide bonds. The molecule has 1 fully saturated rings. The minimum atomic E-state index is 0.411. The van der Waals surface area contributed by atoms with Crippen LogP contribution in [0.4, 0.5) is 5.69 Å². The third-order valence-electron chi connectivity index (χ3n) is 5.21. The van der Waals surface area contributed by atoms with Gasteiger partial charge in [-0.25, -0.2) is 0 Å². The number of pyridine rings is 1. The predicted molar refractivity (Wildman–Crippen MR) is 114 cm³/mol. The second kappa shape index (κ2) is 9.40. The topological polar surface area (TPSA) is 52.6 Å². The lowest BCUT2D eigenvalue weighted by Crippen LogP contribution is -2.51. The number of hydrogen-bond acceptors (Lipinski definition) is 3. The maximum absolute atomic E-state index is 4.41. The molecule has 27 heavy (non-hydrogen) atoms. The van der Waals surface area contributed by atoms with Crippen molar-refractivity contribution < 1.29 is 0 Å². The minimum absolute atomic E-state index is 0.411. The van der Waals surface area contributed by atoms with Crippen molar-refractivity contribution in [2.75, 3.05) is 31.6 Å². The Morgan fingerprint density at radius 3 is 2.78 bits per heavy atom. The Morgan fingerprint density at radius 2 is 2.04 bits per heavy atom. The van der Waals surface area contributed by atoms with Gasteiger partial charge in [-0.15, -0.1) is 0 Å². The van der Waals surface area contributed by atoms with Gasteiger partial charge in [0.2, 0.25) is 0 Å². The van der Waals surface area contributed by atoms with E-state index in [1.54, 1.807) is 0 Å². The molecule has 1 aromatic carbocycles. The van der Waals surface area contributed by atoms with Crippen LogP contribution in [-0.4, -0.2) is 43.7 Å². The van der Waals surface area contributed by atoms with Gasteiger partial charge in [-0.3, -0.25) is 9.98 Å². The zero-order valence-electron chi connectivity index (χ0n) is 16.7. The van der Waals surface area contributed by atoms with Crippen molar-refractivity contribution in [1.82, 2.24) is 15.6 Å². The molecular weight excluding hydrogens is 334 g/mol. The highest BCUT2D eigenvalue weighted by Crippen LogP contribution is 2.20. The van der Waals surface area contributed by atoms with Crippen molar-refractivity contribution in [2.24, 2.45) is 4.99 Å². The number of nitrogens with zero attached hydrogens (tertiary/aromatic N) is 3. The SMILES string of the molecule is CN=C(NCCc1ccncc1C)NC1CCCN(c2ccc(C)cc2)C1. The van der Waals surface area contributed by atoms with Crippen LogP contribution in [0.3, 0.4) is 0 Å². The summed E-state index contributed by atoms with van der Waals surface area (Å²) in [5.41, 5.74) is 5.18. The van der Waals surface area contributed by atoms with Crippen LogP contribution in [0.15, 0.2) is 47.7 Å². The van der Waals surface area contributed by atoms with Crippen LogP contribution < -0.4 is 15.5 Å². The molecule has 0 spiro atoms. The molecule has 3 rings (SSSR count). The van der Waals surface area contributed by atoms with Crippen LogP contribution in [0, 0.1) is 13.8 Å². The van der Waals surface area contributed by atoms with Gasteiger partial charge in [-0.1, -0.05) is 17.7 Å². The second-order valence-electron chi connectivity index (χ2n) is 7.32. The van der Waals surface area contributed by atoms with E-state index in [-0.39, 0.29) is 0 Å². The number of anilines is 1. The maximum Gasteiger partial charge on any atom is 0.191 e. The fraction of sp³-hybridized carbons (Fsp3) is 0.455. The van der Waals surface area contributed by atoms with Gasteiger partial charge in [0.15, 0.2) is 5.96 Å². The van der Waals surface area contributed by atoms with E-state index in [0.717, 1.165) is 32.0 Å². The summed E-state index contributed by atoms with van der Waals surface area (Å²) in [5.74, 6) is 0.887. The molecule has 0 bridgehead atoms. The number of aryl methyl sites for hydroxylation is 2. The van der Waals surface area contributed by atoms with E-state index >= 15 is 0 Å². The molecule has 2 aromatic rings. The van der Waals surface area contributed by atoms with Crippen molar-refractivity contribution >= 4 is 11.6 Å². The number of guanidine groups is 1. The number of piperidine rings is 1. The summed E-state index contributed by atoms with van der Waals surface area (Å²) in [6.45, 7) is 7.23. The largest absolute Gasteiger partial charge is 0.369 e. The summed E-state index contributed by atoms with van der Waals surface area (Å²) in [6.07, 6.45) is 7.11. The predicted octanol–water partition coefficient (Wildman–Crippen LogP) is 3.07. The Kier molecular flexibility index (Phi) is 6.69. The molecule has 1 unspecified atom stereocenters. The monoisotopic (exact) mass is 365 g/mol. The van der Waals surface area contributed by atoms with E-state index in [2.05, 4.69) is 69.7 Å². The number of aliphatic imine (C=N–C) groups is 1. The summed E-state index contributed by atoms with van der Waals surface area (Å²) in [7, 11) is 1.84. The minimum Gasteiger partial charge on any atom is -0.369 e. The Labute approximate surface area is 162 Å². The molecule has 0 aliphatic carbocycles. The van der Waals surface area contributed by atoms with Gasteiger partial charge in [0.05, 0.1) is 0 Å². The Bertz CT molecular complexity index is 754. The number of benzene rings is 1. The molecule has 2 N–H and O–H groups in total. The fourth-order valence-corrected chi connectivity index (χ4v) is 3.57. The summed E-state index contributed by atoms with van der Waals surface area (Å²) >= 11 is 0. The highest BCUT2D eigenvalue weighted by molar-refractivity contribution is 5.80. The Hall–Kier alpha value is -2.56. The molecule has 2 heterocycles. The highest BCUT2D eigenvalue weighted by atomic mass is 15.2. The summed E-state index contributed by atoms with van der Waals surface area (Å²) in [5, 5.41) is 7.06. The molecule has 1 aromatic heterocycles. The lowest BCUT2D eigenvalue weighted by Gasteiger charge is -2.35. The van der Waals surface area contributed by atoms with Crippen LogP contribution in [-0.2, 0) is 6.42 Å². The summed E-state index contributed by atoms with van der Waals surface area (Å²) < 4.78 is 0. The van der Waals surface area contributed by atoms with Crippen LogP contribution in [0.1, 0.15) is 29.5 Å². The van der Waals surface area contributed by atoms with Gasteiger partial charge in [0.25, 0.3) is 0 Å². The average molecular weight is 366 g/mol. The molecule has 0 saturated carbocycles. The molecule has 0 radical (unpaired) electrons. The van der Waals surface area contributed by atoms with Crippen molar-refractivity contribution in [3.05, 3.63) is 59.4 Å². The van der Waals surface area contributed by atoms with E-state index in [9.17, 15) is 0 Å². The van der Waals surface area contributed by atoms with Crippen molar-refractivity contribution in [3.8, 4) is 0 Å². The molecular formula is C22H31N5. The quantitative estimate of drug-likeness (QED) is 0.632. The molecule has 1 saturated heterocycles. The lowest BCUT2D eigenvalue weighted by molar-refractivity contribution is 0.468. The summed E-state index contributed by atoms with van der Waals surface area (Å²) in [6, 6.07) is 11.3. The first kappa shape index (κ1) is 19.2. The zero-order chi connectivity index (χ0) is 19.1. The normalized spacial score (nSPS) is 17.7. The van der Waals surface area contributed by atoms with E-state index in [0.29, 0.717) is 6.04 Å². The van der Waals surface area contributed by atoms with E-state index in [1.807, 2.05) is 19.4 Å². The van der Waals surface area contributed by atoms with Crippen LogP contribution in [0.2, 0.25) is 0 Å². The smallest absolute Gasteiger partial charge is 0.191 e.